The Morgan fingerprint density at radius 3 is 2.66 bits per heavy atom. The Labute approximate surface area is 204 Å². The van der Waals surface area contributed by atoms with Crippen LogP contribution in [0.4, 0.5) is 23.3 Å². The summed E-state index contributed by atoms with van der Waals surface area (Å²) in [7, 11) is 0. The second-order valence-corrected chi connectivity index (χ2v) is 8.79. The molecule has 2 N–H and O–H groups in total. The van der Waals surface area contributed by atoms with E-state index < -0.39 is 0 Å². The fourth-order valence-electron chi connectivity index (χ4n) is 4.32. The summed E-state index contributed by atoms with van der Waals surface area (Å²) >= 11 is 0. The van der Waals surface area contributed by atoms with Crippen LogP contribution in [0.2, 0.25) is 0 Å². The van der Waals surface area contributed by atoms with Gasteiger partial charge in [-0.05, 0) is 49.4 Å². The minimum Gasteiger partial charge on any atom is -0.373 e. The summed E-state index contributed by atoms with van der Waals surface area (Å²) in [5, 5.41) is 6.14. The molecular weight excluding hydrogens is 444 g/mol. The van der Waals surface area contributed by atoms with Gasteiger partial charge in [-0.3, -0.25) is 4.79 Å². The van der Waals surface area contributed by atoms with Crippen LogP contribution in [0, 0.1) is 0 Å². The first-order chi connectivity index (χ1) is 17.2. The predicted molar refractivity (Wildman–Crippen MR) is 134 cm³/mol. The van der Waals surface area contributed by atoms with Crippen molar-refractivity contribution in [1.29, 1.82) is 0 Å². The molecule has 2 aromatic carbocycles. The molecule has 0 unspecified atom stereocenters. The maximum Gasteiger partial charge on any atom is 0.253 e. The average molecular weight is 475 g/mol. The summed E-state index contributed by atoms with van der Waals surface area (Å²) in [4.78, 5) is 27.8. The van der Waals surface area contributed by atoms with E-state index in [2.05, 4.69) is 42.6 Å². The van der Waals surface area contributed by atoms with E-state index in [1.165, 1.54) is 11.9 Å². The number of rotatable bonds is 8. The van der Waals surface area contributed by atoms with Crippen LogP contribution < -0.4 is 15.5 Å². The highest BCUT2D eigenvalue weighted by molar-refractivity contribution is 5.94. The van der Waals surface area contributed by atoms with E-state index in [9.17, 15) is 4.79 Å². The molecule has 1 amide bonds. The van der Waals surface area contributed by atoms with Crippen molar-refractivity contribution in [3.63, 3.8) is 0 Å². The SMILES string of the molecule is O=C(Nc1cccc(Nc2ncnc(N3CCC(OCc4ccccc4)CC3)n2)c1)[C@@H]1CCCO1. The monoisotopic (exact) mass is 474 g/mol. The molecule has 182 valence electrons. The van der Waals surface area contributed by atoms with Crippen molar-refractivity contribution in [3.05, 3.63) is 66.5 Å². The summed E-state index contributed by atoms with van der Waals surface area (Å²) < 4.78 is 11.6. The molecule has 2 aliphatic heterocycles. The van der Waals surface area contributed by atoms with Crippen LogP contribution in [0.3, 0.4) is 0 Å². The molecule has 2 saturated heterocycles. The second kappa shape index (κ2) is 11.2. The number of hydrogen-bond acceptors (Lipinski definition) is 8. The number of amides is 1. The topological polar surface area (TPSA) is 102 Å². The maximum absolute atomic E-state index is 12.3. The number of carbonyl (C=O) groups is 1. The highest BCUT2D eigenvalue weighted by Crippen LogP contribution is 2.23. The number of anilines is 4. The Morgan fingerprint density at radius 2 is 1.86 bits per heavy atom. The number of nitrogens with zero attached hydrogens (tertiary/aromatic N) is 4. The molecule has 9 heteroatoms. The lowest BCUT2D eigenvalue weighted by atomic mass is 10.1. The fraction of sp³-hybridized carbons (Fsp3) is 0.385. The molecule has 0 saturated carbocycles. The largest absolute Gasteiger partial charge is 0.373 e. The zero-order valence-electron chi connectivity index (χ0n) is 19.6. The highest BCUT2D eigenvalue weighted by atomic mass is 16.5. The van der Waals surface area contributed by atoms with Crippen molar-refractivity contribution in [1.82, 2.24) is 15.0 Å². The van der Waals surface area contributed by atoms with E-state index in [-0.39, 0.29) is 18.1 Å². The third-order valence-corrected chi connectivity index (χ3v) is 6.22. The number of hydrogen-bond donors (Lipinski definition) is 2. The van der Waals surface area contributed by atoms with Gasteiger partial charge in [-0.15, -0.1) is 0 Å². The minimum atomic E-state index is -0.370. The molecule has 0 aliphatic carbocycles. The number of nitrogens with one attached hydrogen (secondary N) is 2. The molecule has 2 aliphatic rings. The molecule has 9 nitrogen and oxygen atoms in total. The smallest absolute Gasteiger partial charge is 0.253 e. The van der Waals surface area contributed by atoms with Gasteiger partial charge in [0, 0.05) is 31.1 Å². The Balaban J connectivity index is 1.14. The van der Waals surface area contributed by atoms with Gasteiger partial charge >= 0.3 is 0 Å². The molecule has 35 heavy (non-hydrogen) atoms. The molecule has 2 fully saturated rings. The summed E-state index contributed by atoms with van der Waals surface area (Å²) in [6.07, 6.45) is 4.91. The van der Waals surface area contributed by atoms with Gasteiger partial charge in [0.2, 0.25) is 11.9 Å². The van der Waals surface area contributed by atoms with Crippen molar-refractivity contribution < 1.29 is 14.3 Å². The van der Waals surface area contributed by atoms with Crippen molar-refractivity contribution in [2.24, 2.45) is 0 Å². The number of piperidine rings is 1. The Kier molecular flexibility index (Phi) is 7.45. The quantitative estimate of drug-likeness (QED) is 0.507. The van der Waals surface area contributed by atoms with Crippen LogP contribution in [-0.4, -0.2) is 52.8 Å². The molecule has 3 heterocycles. The van der Waals surface area contributed by atoms with Gasteiger partial charge < -0.3 is 25.0 Å². The van der Waals surface area contributed by atoms with E-state index in [0.29, 0.717) is 30.8 Å². The number of ether oxygens (including phenoxy) is 2. The third kappa shape index (κ3) is 6.32. The lowest BCUT2D eigenvalue weighted by molar-refractivity contribution is -0.124. The molecule has 0 spiro atoms. The summed E-state index contributed by atoms with van der Waals surface area (Å²) in [5.41, 5.74) is 2.67. The van der Waals surface area contributed by atoms with E-state index in [1.54, 1.807) is 0 Å². The first-order valence-corrected chi connectivity index (χ1v) is 12.1. The lowest BCUT2D eigenvalue weighted by Crippen LogP contribution is -2.38. The predicted octanol–water partition coefficient (Wildman–Crippen LogP) is 3.92. The van der Waals surface area contributed by atoms with Crippen LogP contribution >= 0.6 is 0 Å². The summed E-state index contributed by atoms with van der Waals surface area (Å²) in [5.74, 6) is 0.991. The second-order valence-electron chi connectivity index (χ2n) is 8.79. The standard InChI is InChI=1S/C26H30N6O3/c33-24(23-10-5-15-34-23)29-20-8-4-9-21(16-20)30-25-27-18-28-26(31-25)32-13-11-22(12-14-32)35-17-19-6-2-1-3-7-19/h1-4,6-9,16,18,22-23H,5,10-15,17H2,(H,29,33)(H,27,28,30,31)/t23-/m0/s1. The molecule has 0 radical (unpaired) electrons. The van der Waals surface area contributed by atoms with E-state index in [1.807, 2.05) is 42.5 Å². The first kappa shape index (κ1) is 23.2. The van der Waals surface area contributed by atoms with Crippen molar-refractivity contribution in [2.75, 3.05) is 35.2 Å². The van der Waals surface area contributed by atoms with Crippen LogP contribution in [-0.2, 0) is 20.9 Å². The molecule has 3 aromatic rings. The van der Waals surface area contributed by atoms with Crippen LogP contribution in [0.15, 0.2) is 60.9 Å². The molecule has 0 bridgehead atoms. The molecule has 1 aromatic heterocycles. The molecular formula is C26H30N6O3. The van der Waals surface area contributed by atoms with Gasteiger partial charge in [0.1, 0.15) is 12.4 Å². The van der Waals surface area contributed by atoms with Crippen LogP contribution in [0.5, 0.6) is 0 Å². The van der Waals surface area contributed by atoms with Crippen molar-refractivity contribution >= 4 is 29.2 Å². The highest BCUT2D eigenvalue weighted by Gasteiger charge is 2.24. The summed E-state index contributed by atoms with van der Waals surface area (Å²) in [6.45, 7) is 2.93. The molecule has 1 atom stereocenters. The van der Waals surface area contributed by atoms with Gasteiger partial charge in [0.25, 0.3) is 5.91 Å². The number of aromatic nitrogens is 3. The molecule has 5 rings (SSSR count). The minimum absolute atomic E-state index is 0.113. The first-order valence-electron chi connectivity index (χ1n) is 12.1. The van der Waals surface area contributed by atoms with Gasteiger partial charge in [0.05, 0.1) is 12.7 Å². The Bertz CT molecular complexity index is 1110. The van der Waals surface area contributed by atoms with E-state index in [4.69, 9.17) is 9.47 Å². The lowest BCUT2D eigenvalue weighted by Gasteiger charge is -2.31. The zero-order valence-corrected chi connectivity index (χ0v) is 19.6. The normalized spacial score (nSPS) is 18.4. The van der Waals surface area contributed by atoms with E-state index >= 15 is 0 Å². The Hall–Kier alpha value is -3.56. The van der Waals surface area contributed by atoms with Crippen molar-refractivity contribution in [3.8, 4) is 0 Å². The summed E-state index contributed by atoms with van der Waals surface area (Å²) in [6, 6.07) is 17.7. The number of carbonyl (C=O) groups excluding carboxylic acids is 1. The average Bonchev–Trinajstić information content (AvgIpc) is 3.44. The third-order valence-electron chi connectivity index (χ3n) is 6.22. The maximum atomic E-state index is 12.3. The van der Waals surface area contributed by atoms with Crippen LogP contribution in [0.1, 0.15) is 31.2 Å². The van der Waals surface area contributed by atoms with Gasteiger partial charge in [0.15, 0.2) is 0 Å². The zero-order chi connectivity index (χ0) is 23.9. The van der Waals surface area contributed by atoms with Gasteiger partial charge in [-0.25, -0.2) is 9.97 Å². The van der Waals surface area contributed by atoms with Crippen LogP contribution in [0.25, 0.3) is 0 Å². The van der Waals surface area contributed by atoms with Crippen molar-refractivity contribution in [2.45, 2.75) is 44.5 Å². The Morgan fingerprint density at radius 1 is 1.03 bits per heavy atom. The van der Waals surface area contributed by atoms with Gasteiger partial charge in [-0.2, -0.15) is 4.98 Å². The number of benzene rings is 2. The van der Waals surface area contributed by atoms with E-state index in [0.717, 1.165) is 44.5 Å². The van der Waals surface area contributed by atoms with Gasteiger partial charge in [-0.1, -0.05) is 36.4 Å². The fourth-order valence-corrected chi connectivity index (χ4v) is 4.32.